The van der Waals surface area contributed by atoms with Crippen LogP contribution in [0.4, 0.5) is 0 Å². The highest BCUT2D eigenvalue weighted by Crippen LogP contribution is 2.23. The number of rotatable bonds is 11. The Bertz CT molecular complexity index is 758. The van der Waals surface area contributed by atoms with Crippen LogP contribution in [0.2, 0.25) is 5.15 Å². The highest BCUT2D eigenvalue weighted by molar-refractivity contribution is 6.29. The van der Waals surface area contributed by atoms with E-state index in [4.69, 9.17) is 21.4 Å². The Kier molecular flexibility index (Phi) is 9.28. The van der Waals surface area contributed by atoms with Crippen LogP contribution >= 0.6 is 11.6 Å². The molecule has 0 saturated heterocycles. The minimum Gasteiger partial charge on any atom is -0.465 e. The number of pyridine rings is 1. The molecule has 0 amide bonds. The molecule has 166 valence electrons. The van der Waals surface area contributed by atoms with Crippen molar-refractivity contribution in [3.8, 4) is 0 Å². The summed E-state index contributed by atoms with van der Waals surface area (Å²) in [6, 6.07) is 3.53. The number of nitrogens with zero attached hydrogens (tertiary/aromatic N) is 5. The van der Waals surface area contributed by atoms with Crippen molar-refractivity contribution in [1.82, 2.24) is 19.7 Å². The van der Waals surface area contributed by atoms with E-state index < -0.39 is 10.9 Å². The maximum Gasteiger partial charge on any atom is 0.320 e. The summed E-state index contributed by atoms with van der Waals surface area (Å²) in [4.78, 5) is 32.9. The molecular weight excluding hydrogens is 414 g/mol. The first-order chi connectivity index (χ1) is 14.3. The van der Waals surface area contributed by atoms with Crippen molar-refractivity contribution < 1.29 is 19.6 Å². The van der Waals surface area contributed by atoms with Crippen molar-refractivity contribution in [3.05, 3.63) is 50.7 Å². The Morgan fingerprint density at radius 2 is 2.20 bits per heavy atom. The fraction of sp³-hybridized carbons (Fsp3) is 0.579. The minimum absolute atomic E-state index is 0.0283. The van der Waals surface area contributed by atoms with Crippen LogP contribution in [0.15, 0.2) is 29.8 Å². The first kappa shape index (κ1) is 23.8. The molecule has 1 aromatic heterocycles. The first-order valence-electron chi connectivity index (χ1n) is 9.78. The van der Waals surface area contributed by atoms with Crippen molar-refractivity contribution in [2.75, 3.05) is 46.6 Å². The minimum atomic E-state index is -0.438. The monoisotopic (exact) mass is 441 g/mol. The Balaban J connectivity index is 2.11. The molecule has 1 N–H and O–H groups in total. The molecule has 1 aromatic rings. The number of carbonyl (C=O) groups excluding carboxylic acids is 1. The number of unbranched alkanes of at least 4 members (excludes halogenated alkanes) is 1. The largest absolute Gasteiger partial charge is 0.465 e. The second-order valence-corrected chi connectivity index (χ2v) is 7.40. The number of aliphatic hydroxyl groups excluding tert-OH is 1. The maximum atomic E-state index is 12.0. The van der Waals surface area contributed by atoms with Gasteiger partial charge in [-0.15, -0.1) is 0 Å². The van der Waals surface area contributed by atoms with E-state index in [2.05, 4.69) is 4.98 Å². The van der Waals surface area contributed by atoms with E-state index in [0.29, 0.717) is 43.6 Å². The molecule has 1 aliphatic rings. The number of esters is 1. The molecule has 0 radical (unpaired) electrons. The van der Waals surface area contributed by atoms with E-state index in [1.165, 1.54) is 0 Å². The lowest BCUT2D eigenvalue weighted by molar-refractivity contribution is -0.433. The average molecular weight is 442 g/mol. The molecule has 0 atom stereocenters. The van der Waals surface area contributed by atoms with E-state index in [9.17, 15) is 14.9 Å². The van der Waals surface area contributed by atoms with E-state index in [-0.39, 0.29) is 32.0 Å². The normalized spacial score (nSPS) is 14.7. The molecule has 2 heterocycles. The number of ether oxygens (including phenoxy) is 1. The van der Waals surface area contributed by atoms with Crippen LogP contribution in [0.25, 0.3) is 0 Å². The highest BCUT2D eigenvalue weighted by atomic mass is 35.5. The summed E-state index contributed by atoms with van der Waals surface area (Å²) in [5.41, 5.74) is 0.916. The Morgan fingerprint density at radius 1 is 1.43 bits per heavy atom. The van der Waals surface area contributed by atoms with Gasteiger partial charge < -0.3 is 19.6 Å². The SMILES string of the molecule is CCN(Cc1ccc(Cl)nc1)C1=C([N+](=O)[O-])CN(CC(=O)OCCCCO)CN1C. The van der Waals surface area contributed by atoms with Gasteiger partial charge in [0.15, 0.2) is 5.82 Å². The van der Waals surface area contributed by atoms with Gasteiger partial charge in [-0.1, -0.05) is 17.7 Å². The highest BCUT2D eigenvalue weighted by Gasteiger charge is 2.34. The Labute approximate surface area is 180 Å². The number of nitro groups is 1. The Morgan fingerprint density at radius 3 is 2.80 bits per heavy atom. The molecule has 0 bridgehead atoms. The molecule has 1 aliphatic heterocycles. The van der Waals surface area contributed by atoms with Crippen LogP contribution in [-0.4, -0.2) is 82.2 Å². The van der Waals surface area contributed by atoms with Crippen molar-refractivity contribution >= 4 is 17.6 Å². The second-order valence-electron chi connectivity index (χ2n) is 7.01. The lowest BCUT2D eigenvalue weighted by atomic mass is 10.2. The third-order valence-corrected chi connectivity index (χ3v) is 4.86. The van der Waals surface area contributed by atoms with Gasteiger partial charge in [0.2, 0.25) is 0 Å². The molecule has 2 rings (SSSR count). The topological polar surface area (TPSA) is 112 Å². The van der Waals surface area contributed by atoms with Gasteiger partial charge in [0.05, 0.1) is 31.3 Å². The number of aliphatic hydroxyl groups is 1. The van der Waals surface area contributed by atoms with Gasteiger partial charge in [-0.05, 0) is 31.4 Å². The molecule has 0 saturated carbocycles. The summed E-state index contributed by atoms with van der Waals surface area (Å²) in [5.74, 6) is 0.0806. The quantitative estimate of drug-likeness (QED) is 0.179. The molecule has 11 heteroatoms. The molecule has 0 spiro atoms. The number of halogens is 1. The molecule has 0 unspecified atom stereocenters. The smallest absolute Gasteiger partial charge is 0.320 e. The van der Waals surface area contributed by atoms with Crippen LogP contribution in [0.1, 0.15) is 25.3 Å². The second kappa shape index (κ2) is 11.7. The molecule has 0 aromatic carbocycles. The zero-order valence-electron chi connectivity index (χ0n) is 17.3. The van der Waals surface area contributed by atoms with Crippen molar-refractivity contribution in [1.29, 1.82) is 0 Å². The third-order valence-electron chi connectivity index (χ3n) is 4.64. The average Bonchev–Trinajstić information content (AvgIpc) is 2.71. The fourth-order valence-electron chi connectivity index (χ4n) is 3.27. The van der Waals surface area contributed by atoms with E-state index in [1.807, 2.05) is 17.9 Å². The third kappa shape index (κ3) is 6.82. The summed E-state index contributed by atoms with van der Waals surface area (Å²) in [7, 11) is 1.76. The molecular formula is C19H28ClN5O5. The molecule has 0 fully saturated rings. The zero-order chi connectivity index (χ0) is 22.1. The van der Waals surface area contributed by atoms with Crippen LogP contribution in [0.3, 0.4) is 0 Å². The lowest BCUT2D eigenvalue weighted by Crippen LogP contribution is -2.49. The van der Waals surface area contributed by atoms with E-state index >= 15 is 0 Å². The number of aromatic nitrogens is 1. The van der Waals surface area contributed by atoms with Gasteiger partial charge in [-0.3, -0.25) is 19.8 Å². The number of carbonyl (C=O) groups is 1. The van der Waals surface area contributed by atoms with Crippen molar-refractivity contribution in [2.24, 2.45) is 0 Å². The Hall–Kier alpha value is -2.43. The summed E-state index contributed by atoms with van der Waals surface area (Å²) in [5, 5.41) is 21.0. The standard InChI is InChI=1S/C19H28ClN5O5/c1-3-24(11-15-6-7-17(20)21-10-15)19-16(25(28)29)12-23(14-22(19)2)13-18(27)30-9-5-4-8-26/h6-7,10,26H,3-5,8-9,11-14H2,1-2H3. The molecule has 0 aliphatic carbocycles. The van der Waals surface area contributed by atoms with Gasteiger partial charge in [-0.25, -0.2) is 4.98 Å². The van der Waals surface area contributed by atoms with Gasteiger partial charge in [-0.2, -0.15) is 0 Å². The summed E-state index contributed by atoms with van der Waals surface area (Å²) < 4.78 is 5.14. The van der Waals surface area contributed by atoms with E-state index in [1.54, 1.807) is 29.1 Å². The van der Waals surface area contributed by atoms with E-state index in [0.717, 1.165) is 5.56 Å². The fourth-order valence-corrected chi connectivity index (χ4v) is 3.39. The van der Waals surface area contributed by atoms with Crippen LogP contribution in [0.5, 0.6) is 0 Å². The van der Waals surface area contributed by atoms with Crippen LogP contribution in [0, 0.1) is 10.1 Å². The van der Waals surface area contributed by atoms with Crippen molar-refractivity contribution in [3.63, 3.8) is 0 Å². The molecule has 10 nitrogen and oxygen atoms in total. The van der Waals surface area contributed by atoms with Gasteiger partial charge in [0.25, 0.3) is 5.70 Å². The summed E-state index contributed by atoms with van der Waals surface area (Å²) in [6.07, 6.45) is 2.80. The summed E-state index contributed by atoms with van der Waals surface area (Å²) in [6.45, 7) is 3.57. The van der Waals surface area contributed by atoms with Gasteiger partial charge >= 0.3 is 5.97 Å². The number of hydrogen-bond acceptors (Lipinski definition) is 9. The number of hydrogen-bond donors (Lipinski definition) is 1. The van der Waals surface area contributed by atoms with Gasteiger partial charge in [0.1, 0.15) is 5.15 Å². The summed E-state index contributed by atoms with van der Waals surface area (Å²) >= 11 is 5.84. The zero-order valence-corrected chi connectivity index (χ0v) is 18.0. The maximum absolute atomic E-state index is 12.0. The van der Waals surface area contributed by atoms with Crippen LogP contribution in [-0.2, 0) is 16.1 Å². The molecule has 30 heavy (non-hydrogen) atoms. The predicted octanol–water partition coefficient (Wildman–Crippen LogP) is 1.52. The lowest BCUT2D eigenvalue weighted by Gasteiger charge is -2.39. The van der Waals surface area contributed by atoms with Crippen LogP contribution < -0.4 is 0 Å². The first-order valence-corrected chi connectivity index (χ1v) is 10.2. The predicted molar refractivity (Wildman–Crippen MR) is 111 cm³/mol. The van der Waals surface area contributed by atoms with Gasteiger partial charge in [0, 0.05) is 32.9 Å². The van der Waals surface area contributed by atoms with Crippen molar-refractivity contribution in [2.45, 2.75) is 26.3 Å².